The van der Waals surface area contributed by atoms with Crippen LogP contribution in [0.25, 0.3) is 0 Å². The second-order valence-corrected chi connectivity index (χ2v) is 7.04. The van der Waals surface area contributed by atoms with Crippen molar-refractivity contribution in [1.29, 1.82) is 0 Å². The fraction of sp³-hybridized carbons (Fsp3) is 0.316. The van der Waals surface area contributed by atoms with E-state index in [2.05, 4.69) is 10.3 Å². The summed E-state index contributed by atoms with van der Waals surface area (Å²) in [4.78, 5) is 30.7. The number of aromatic nitrogens is 1. The summed E-state index contributed by atoms with van der Waals surface area (Å²) in [5, 5.41) is 2.92. The fourth-order valence-corrected chi connectivity index (χ4v) is 3.43. The number of carbonyl (C=O) groups excluding carboxylic acids is 2. The van der Waals surface area contributed by atoms with Gasteiger partial charge in [-0.2, -0.15) is 13.2 Å². The molecule has 0 radical (unpaired) electrons. The van der Waals surface area contributed by atoms with Crippen LogP contribution in [-0.4, -0.2) is 35.3 Å². The highest BCUT2D eigenvalue weighted by molar-refractivity contribution is 6.30. The van der Waals surface area contributed by atoms with Gasteiger partial charge in [0.1, 0.15) is 11.1 Å². The standard InChI is InChI=1S/C19H17ClF3N3O2/c1-10-14(7-8-24-16(10)20)25-17(27)15-13(9-26(2)18(15)28)11-3-5-12(6-4-11)19(21,22)23/h3-8,13,15H,9H2,1-2H3,(H,24,25,27)/t13-,15+/m0/s1. The normalized spacial score (nSPS) is 19.8. The van der Waals surface area contributed by atoms with Gasteiger partial charge in [-0.05, 0) is 30.7 Å². The number of likely N-dealkylation sites (N-methyl/N-ethyl adjacent to an activating group) is 1. The van der Waals surface area contributed by atoms with Gasteiger partial charge < -0.3 is 10.2 Å². The molecule has 1 N–H and O–H groups in total. The van der Waals surface area contributed by atoms with Crippen LogP contribution < -0.4 is 5.32 Å². The first-order valence-electron chi connectivity index (χ1n) is 8.43. The highest BCUT2D eigenvalue weighted by Crippen LogP contribution is 2.36. The smallest absolute Gasteiger partial charge is 0.344 e. The fourth-order valence-electron chi connectivity index (χ4n) is 3.27. The number of amides is 2. The van der Waals surface area contributed by atoms with Gasteiger partial charge in [-0.3, -0.25) is 9.59 Å². The Morgan fingerprint density at radius 1 is 1.25 bits per heavy atom. The predicted octanol–water partition coefficient (Wildman–Crippen LogP) is 3.87. The minimum Gasteiger partial charge on any atom is -0.344 e. The quantitative estimate of drug-likeness (QED) is 0.616. The van der Waals surface area contributed by atoms with E-state index >= 15 is 0 Å². The van der Waals surface area contributed by atoms with Gasteiger partial charge in [-0.1, -0.05) is 23.7 Å². The maximum Gasteiger partial charge on any atom is 0.416 e. The maximum atomic E-state index is 12.8. The van der Waals surface area contributed by atoms with Crippen molar-refractivity contribution in [1.82, 2.24) is 9.88 Å². The molecule has 0 unspecified atom stereocenters. The molecule has 2 aromatic rings. The molecule has 0 saturated carbocycles. The Morgan fingerprint density at radius 3 is 2.50 bits per heavy atom. The molecule has 5 nitrogen and oxygen atoms in total. The SMILES string of the molecule is Cc1c(NC(=O)[C@@H]2C(=O)N(C)C[C@H]2c2ccc(C(F)(F)F)cc2)ccnc1Cl. The van der Waals surface area contributed by atoms with Gasteiger partial charge in [0.25, 0.3) is 0 Å². The van der Waals surface area contributed by atoms with E-state index < -0.39 is 29.5 Å². The summed E-state index contributed by atoms with van der Waals surface area (Å²) in [5.74, 6) is -2.53. The Bertz CT molecular complexity index is 916. The zero-order valence-electron chi connectivity index (χ0n) is 15.0. The third-order valence-electron chi connectivity index (χ3n) is 4.86. The molecule has 1 aliphatic heterocycles. The molecule has 2 amide bonds. The number of alkyl halides is 3. The molecule has 9 heteroatoms. The van der Waals surface area contributed by atoms with Crippen LogP contribution in [0.2, 0.25) is 5.15 Å². The number of hydrogen-bond donors (Lipinski definition) is 1. The Labute approximate surface area is 164 Å². The molecule has 1 fully saturated rings. The summed E-state index contributed by atoms with van der Waals surface area (Å²) in [6.45, 7) is 1.92. The number of nitrogens with zero attached hydrogens (tertiary/aromatic N) is 2. The molecule has 2 heterocycles. The maximum absolute atomic E-state index is 12.8. The summed E-state index contributed by atoms with van der Waals surface area (Å²) in [6.07, 6.45) is -3.02. The average Bonchev–Trinajstić information content (AvgIpc) is 2.93. The van der Waals surface area contributed by atoms with Crippen LogP contribution >= 0.6 is 11.6 Å². The summed E-state index contributed by atoms with van der Waals surface area (Å²) >= 11 is 5.96. The number of nitrogens with one attached hydrogen (secondary N) is 1. The molecule has 1 aliphatic rings. The lowest BCUT2D eigenvalue weighted by Crippen LogP contribution is -2.33. The summed E-state index contributed by atoms with van der Waals surface area (Å²) in [6, 6.07) is 6.11. The van der Waals surface area contributed by atoms with Gasteiger partial charge in [0.2, 0.25) is 11.8 Å². The Balaban J connectivity index is 1.88. The van der Waals surface area contributed by atoms with E-state index in [9.17, 15) is 22.8 Å². The molecule has 3 rings (SSSR count). The second kappa shape index (κ2) is 7.43. The van der Waals surface area contributed by atoms with E-state index in [1.165, 1.54) is 23.2 Å². The highest BCUT2D eigenvalue weighted by Gasteiger charge is 2.44. The summed E-state index contributed by atoms with van der Waals surface area (Å²) in [5.41, 5.74) is 0.702. The third kappa shape index (κ3) is 3.82. The van der Waals surface area contributed by atoms with Crippen LogP contribution in [-0.2, 0) is 15.8 Å². The average molecular weight is 412 g/mol. The first-order valence-corrected chi connectivity index (χ1v) is 8.81. The second-order valence-electron chi connectivity index (χ2n) is 6.69. The minimum atomic E-state index is -4.45. The number of carbonyl (C=O) groups is 2. The number of pyridine rings is 1. The summed E-state index contributed by atoms with van der Waals surface area (Å²) < 4.78 is 38.4. The van der Waals surface area contributed by atoms with E-state index in [0.717, 1.165) is 12.1 Å². The molecule has 0 spiro atoms. The van der Waals surface area contributed by atoms with Gasteiger partial charge >= 0.3 is 6.18 Å². The minimum absolute atomic E-state index is 0.229. The first-order chi connectivity index (χ1) is 13.1. The van der Waals surface area contributed by atoms with Crippen molar-refractivity contribution in [3.63, 3.8) is 0 Å². The molecule has 148 valence electrons. The van der Waals surface area contributed by atoms with E-state index in [0.29, 0.717) is 16.8 Å². The lowest BCUT2D eigenvalue weighted by molar-refractivity contribution is -0.138. The van der Waals surface area contributed by atoms with Gasteiger partial charge in [-0.25, -0.2) is 4.98 Å². The Morgan fingerprint density at radius 2 is 1.89 bits per heavy atom. The van der Waals surface area contributed by atoms with Crippen molar-refractivity contribution >= 4 is 29.1 Å². The van der Waals surface area contributed by atoms with Crippen molar-refractivity contribution < 1.29 is 22.8 Å². The topological polar surface area (TPSA) is 62.3 Å². The van der Waals surface area contributed by atoms with Crippen LogP contribution in [0.5, 0.6) is 0 Å². The monoisotopic (exact) mass is 411 g/mol. The van der Waals surface area contributed by atoms with E-state index in [4.69, 9.17) is 11.6 Å². The number of rotatable bonds is 3. The third-order valence-corrected chi connectivity index (χ3v) is 5.25. The highest BCUT2D eigenvalue weighted by atomic mass is 35.5. The zero-order valence-corrected chi connectivity index (χ0v) is 15.8. The van der Waals surface area contributed by atoms with Crippen molar-refractivity contribution in [2.24, 2.45) is 5.92 Å². The van der Waals surface area contributed by atoms with Crippen LogP contribution in [0.4, 0.5) is 18.9 Å². The van der Waals surface area contributed by atoms with Gasteiger partial charge in [0.15, 0.2) is 0 Å². The lowest BCUT2D eigenvalue weighted by Gasteiger charge is -2.18. The van der Waals surface area contributed by atoms with Crippen LogP contribution in [0.3, 0.4) is 0 Å². The molecular weight excluding hydrogens is 395 g/mol. The van der Waals surface area contributed by atoms with Crippen LogP contribution in [0, 0.1) is 12.8 Å². The van der Waals surface area contributed by atoms with Gasteiger partial charge in [0, 0.05) is 37.0 Å². The first kappa shape index (κ1) is 20.1. The molecule has 1 aromatic heterocycles. The van der Waals surface area contributed by atoms with E-state index in [1.54, 1.807) is 20.0 Å². The largest absolute Gasteiger partial charge is 0.416 e. The van der Waals surface area contributed by atoms with Crippen LogP contribution in [0.1, 0.15) is 22.6 Å². The van der Waals surface area contributed by atoms with E-state index in [1.807, 2.05) is 0 Å². The number of halogens is 4. The number of benzene rings is 1. The number of anilines is 1. The predicted molar refractivity (Wildman–Crippen MR) is 97.9 cm³/mol. The lowest BCUT2D eigenvalue weighted by atomic mass is 9.87. The molecule has 1 saturated heterocycles. The van der Waals surface area contributed by atoms with Crippen LogP contribution in [0.15, 0.2) is 36.5 Å². The van der Waals surface area contributed by atoms with Gasteiger partial charge in [-0.15, -0.1) is 0 Å². The Hall–Kier alpha value is -2.61. The van der Waals surface area contributed by atoms with E-state index in [-0.39, 0.29) is 17.6 Å². The van der Waals surface area contributed by atoms with Crippen molar-refractivity contribution in [3.05, 3.63) is 58.4 Å². The Kier molecular flexibility index (Phi) is 5.34. The van der Waals surface area contributed by atoms with Gasteiger partial charge in [0.05, 0.1) is 5.56 Å². The molecular formula is C19H17ClF3N3O2. The molecule has 0 bridgehead atoms. The number of hydrogen-bond acceptors (Lipinski definition) is 3. The molecule has 2 atom stereocenters. The molecule has 28 heavy (non-hydrogen) atoms. The van der Waals surface area contributed by atoms with Crippen molar-refractivity contribution in [3.8, 4) is 0 Å². The molecule has 1 aromatic carbocycles. The molecule has 0 aliphatic carbocycles. The zero-order chi connectivity index (χ0) is 20.6. The summed E-state index contributed by atoms with van der Waals surface area (Å²) in [7, 11) is 1.56. The van der Waals surface area contributed by atoms with Crippen molar-refractivity contribution in [2.75, 3.05) is 18.9 Å². The number of likely N-dealkylation sites (tertiary alicyclic amines) is 1. The van der Waals surface area contributed by atoms with Crippen molar-refractivity contribution in [2.45, 2.75) is 19.0 Å².